The van der Waals surface area contributed by atoms with Crippen molar-refractivity contribution in [3.63, 3.8) is 0 Å². The fraction of sp³-hybridized carbons (Fsp3) is 0.194. The van der Waals surface area contributed by atoms with Crippen molar-refractivity contribution in [3.8, 4) is 89.7 Å². The van der Waals surface area contributed by atoms with Crippen LogP contribution in [0.5, 0.6) is 5.75 Å². The molecule has 0 unspecified atom stereocenters. The van der Waals surface area contributed by atoms with E-state index in [1.807, 2.05) is 112 Å². The van der Waals surface area contributed by atoms with Crippen LogP contribution in [0.1, 0.15) is 94.2 Å². The topological polar surface area (TPSA) is 50.9 Å². The lowest BCUT2D eigenvalue weighted by Crippen LogP contribution is -2.17. The maximum atomic E-state index is 12.8. The van der Waals surface area contributed by atoms with Crippen LogP contribution in [-0.2, 0) is 16.2 Å². The third kappa shape index (κ3) is 9.23. The summed E-state index contributed by atoms with van der Waals surface area (Å²) in [5.41, 5.74) is 11.7. The first kappa shape index (κ1) is 39.0. The smallest absolute Gasteiger partial charge is 0.149 e. The summed E-state index contributed by atoms with van der Waals surface area (Å²) < 4.78 is 66.7. The Balaban J connectivity index is 1.32. The summed E-state index contributed by atoms with van der Waals surface area (Å²) >= 11 is 0. The number of phenols is 1. The van der Waals surface area contributed by atoms with Crippen molar-refractivity contribution in [3.05, 3.63) is 216 Å². The van der Waals surface area contributed by atoms with Gasteiger partial charge < -0.3 is 5.11 Å². The third-order valence-electron chi connectivity index (χ3n) is 13.3. The van der Waals surface area contributed by atoms with Crippen LogP contribution < -0.4 is 0 Å². The number of aromatic hydroxyl groups is 1. The van der Waals surface area contributed by atoms with Gasteiger partial charge in [0.2, 0.25) is 0 Å². The Labute approximate surface area is 430 Å². The van der Waals surface area contributed by atoms with Crippen molar-refractivity contribution in [1.82, 2.24) is 14.5 Å². The lowest BCUT2D eigenvalue weighted by molar-refractivity contribution is 0.446. The van der Waals surface area contributed by atoms with Gasteiger partial charge in [-0.05, 0) is 139 Å². The molecule has 0 bridgehead atoms. The molecule has 0 aliphatic heterocycles. The summed E-state index contributed by atoms with van der Waals surface area (Å²) in [5, 5.41) is 12.8. The molecule has 1 N–H and O–H groups in total. The molecule has 8 aromatic carbocycles. The van der Waals surface area contributed by atoms with E-state index in [1.165, 1.54) is 0 Å². The van der Waals surface area contributed by atoms with E-state index < -0.39 is 23.0 Å². The molecule has 71 heavy (non-hydrogen) atoms. The number of fused-ring (bicyclic) bond motifs is 1. The Bertz CT molecular complexity index is 3970. The van der Waals surface area contributed by atoms with Gasteiger partial charge in [-0.15, -0.1) is 0 Å². The summed E-state index contributed by atoms with van der Waals surface area (Å²) in [7, 11) is 0. The number of hydrogen-bond acceptors (Lipinski definition) is 3. The molecule has 0 aliphatic rings. The van der Waals surface area contributed by atoms with Gasteiger partial charge in [0.05, 0.1) is 37.6 Å². The number of aromatic nitrogens is 3. The lowest BCUT2D eigenvalue weighted by atomic mass is 9.79. The Morgan fingerprint density at radius 2 is 1.06 bits per heavy atom. The standard InChI is InChI=1S/C67H63N3O/c1-43-35-56(47-25-18-13-19-26-47)61(42-55(43)46-23-16-12-17-24-46)70-60-28-20-27-54(62(60)69-64(70)57-40-53(66(5,6)7)41-58(63(57)71)67(8,9)10)50-36-49(44-21-14-11-15-22-44)37-51(38-50)59-39-48(33-34-68-59)45-29-31-52(32-30-45)65(2,3)4/h11-42,71H,1-10H3/i29D,30D,31D,32D,33D,34D,39D. The third-order valence-corrected chi connectivity index (χ3v) is 13.3. The summed E-state index contributed by atoms with van der Waals surface area (Å²) in [6.45, 7) is 20.4. The lowest BCUT2D eigenvalue weighted by Gasteiger charge is -2.28. The summed E-state index contributed by atoms with van der Waals surface area (Å²) in [6, 6.07) is 49.0. The number of nitrogens with zero attached hydrogens (tertiary/aromatic N) is 3. The van der Waals surface area contributed by atoms with Crippen LogP contribution in [0.2, 0.25) is 0 Å². The molecule has 4 heteroatoms. The first-order chi connectivity index (χ1) is 36.8. The highest BCUT2D eigenvalue weighted by atomic mass is 16.3. The van der Waals surface area contributed by atoms with Crippen LogP contribution in [-0.4, -0.2) is 19.6 Å². The van der Waals surface area contributed by atoms with Gasteiger partial charge in [-0.1, -0.05) is 196 Å². The van der Waals surface area contributed by atoms with Crippen LogP contribution in [0.3, 0.4) is 0 Å². The van der Waals surface area contributed by atoms with Crippen molar-refractivity contribution in [2.45, 2.75) is 85.5 Å². The van der Waals surface area contributed by atoms with Crippen molar-refractivity contribution in [1.29, 1.82) is 0 Å². The van der Waals surface area contributed by atoms with Gasteiger partial charge in [0.1, 0.15) is 11.6 Å². The zero-order valence-corrected chi connectivity index (χ0v) is 42.2. The Hall–Kier alpha value is -7.82. The average molecular weight is 933 g/mol. The highest BCUT2D eigenvalue weighted by Crippen LogP contribution is 2.47. The zero-order chi connectivity index (χ0) is 55.9. The van der Waals surface area contributed by atoms with Crippen molar-refractivity contribution < 1.29 is 14.7 Å². The van der Waals surface area contributed by atoms with E-state index in [0.29, 0.717) is 28.0 Å². The predicted molar refractivity (Wildman–Crippen MR) is 299 cm³/mol. The molecule has 0 radical (unpaired) electrons. The van der Waals surface area contributed by atoms with E-state index in [9.17, 15) is 9.22 Å². The number of para-hydroxylation sites is 1. The van der Waals surface area contributed by atoms with E-state index in [0.717, 1.165) is 66.8 Å². The van der Waals surface area contributed by atoms with Gasteiger partial charge in [0, 0.05) is 28.4 Å². The number of phenolic OH excluding ortho intramolecular Hbond substituents is 1. The highest BCUT2D eigenvalue weighted by molar-refractivity contribution is 5.99. The van der Waals surface area contributed by atoms with Crippen molar-refractivity contribution in [2.24, 2.45) is 0 Å². The number of benzene rings is 8. The Morgan fingerprint density at radius 3 is 1.68 bits per heavy atom. The first-order valence-electron chi connectivity index (χ1n) is 27.8. The van der Waals surface area contributed by atoms with Crippen LogP contribution in [0.4, 0.5) is 0 Å². The SMILES string of the molecule is [2H]c1nc(-c2cc(-c3ccccc3)cc(-c3cccc4c3nc(-c3cc(C(C)(C)C)cc(C(C)(C)C)c3O)n4-c3cc(-c4ccccc4)c(C)cc3-c3ccccc3)c2)c([2H])c(-c2c([2H])c([2H])c(C(C)(C)C)c([2H])c2[2H])c1[2H]. The molecule has 10 aromatic rings. The van der Waals surface area contributed by atoms with Crippen LogP contribution in [0.25, 0.3) is 95.0 Å². The van der Waals surface area contributed by atoms with Crippen LogP contribution in [0, 0.1) is 6.92 Å². The van der Waals surface area contributed by atoms with Crippen LogP contribution >= 0.6 is 0 Å². The Morgan fingerprint density at radius 1 is 0.465 bits per heavy atom. The number of imidazole rings is 1. The molecule has 4 nitrogen and oxygen atoms in total. The molecule has 2 heterocycles. The minimum atomic E-state index is -0.731. The first-order valence-corrected chi connectivity index (χ1v) is 24.3. The maximum absolute atomic E-state index is 12.8. The second-order valence-corrected chi connectivity index (χ2v) is 21.6. The van der Waals surface area contributed by atoms with Gasteiger partial charge in [-0.3, -0.25) is 9.55 Å². The zero-order valence-electron chi connectivity index (χ0n) is 49.2. The highest BCUT2D eigenvalue weighted by Gasteiger charge is 2.30. The fourth-order valence-corrected chi connectivity index (χ4v) is 9.33. The molecule has 0 saturated carbocycles. The molecule has 352 valence electrons. The van der Waals surface area contributed by atoms with Gasteiger partial charge in [-0.2, -0.15) is 0 Å². The molecular weight excluding hydrogens is 863 g/mol. The van der Waals surface area contributed by atoms with Gasteiger partial charge in [0.15, 0.2) is 0 Å². The molecule has 2 aromatic heterocycles. The second-order valence-electron chi connectivity index (χ2n) is 21.6. The molecule has 0 atom stereocenters. The molecular formula is C67H63N3O. The predicted octanol–water partition coefficient (Wildman–Crippen LogP) is 18.0. The largest absolute Gasteiger partial charge is 0.507 e. The minimum absolute atomic E-state index is 0.0411. The second kappa shape index (κ2) is 18.2. The molecule has 0 saturated heterocycles. The van der Waals surface area contributed by atoms with Gasteiger partial charge in [-0.25, -0.2) is 4.98 Å². The summed E-state index contributed by atoms with van der Waals surface area (Å²) in [6.07, 6.45) is -0.473. The molecule has 0 fully saturated rings. The van der Waals surface area contributed by atoms with E-state index in [1.54, 1.807) is 0 Å². The van der Waals surface area contributed by atoms with Crippen molar-refractivity contribution in [2.75, 3.05) is 0 Å². The average Bonchev–Trinajstić information content (AvgIpc) is 3.95. The van der Waals surface area contributed by atoms with Gasteiger partial charge >= 0.3 is 0 Å². The number of hydrogen-bond donors (Lipinski definition) is 1. The quantitative estimate of drug-likeness (QED) is 0.165. The Kier molecular flexibility index (Phi) is 9.97. The van der Waals surface area contributed by atoms with E-state index in [2.05, 4.69) is 119 Å². The number of pyridine rings is 1. The minimum Gasteiger partial charge on any atom is -0.507 e. The van der Waals surface area contributed by atoms with E-state index in [-0.39, 0.29) is 63.8 Å². The molecule has 0 spiro atoms. The monoisotopic (exact) mass is 933 g/mol. The van der Waals surface area contributed by atoms with Crippen LogP contribution in [0.15, 0.2) is 194 Å². The van der Waals surface area contributed by atoms with Gasteiger partial charge in [0.25, 0.3) is 0 Å². The van der Waals surface area contributed by atoms with Crippen molar-refractivity contribution >= 4 is 11.0 Å². The normalized spacial score (nSPS) is 13.5. The van der Waals surface area contributed by atoms with E-state index >= 15 is 0 Å². The molecule has 0 amide bonds. The molecule has 0 aliphatic carbocycles. The summed E-state index contributed by atoms with van der Waals surface area (Å²) in [5.74, 6) is 0.676. The summed E-state index contributed by atoms with van der Waals surface area (Å²) in [4.78, 5) is 10.3. The number of rotatable bonds is 8. The molecule has 10 rings (SSSR count). The fourth-order valence-electron chi connectivity index (χ4n) is 9.33. The maximum Gasteiger partial charge on any atom is 0.149 e. The van der Waals surface area contributed by atoms with E-state index in [4.69, 9.17) is 10.5 Å². The number of aryl methyl sites for hydroxylation is 1.